The predicted octanol–water partition coefficient (Wildman–Crippen LogP) is 2.34. The third kappa shape index (κ3) is 2.17. The lowest BCUT2D eigenvalue weighted by Gasteiger charge is -2.25. The van der Waals surface area contributed by atoms with E-state index in [1.54, 1.807) is 0 Å². The van der Waals surface area contributed by atoms with E-state index in [0.29, 0.717) is 0 Å². The molecule has 1 radical (unpaired) electrons. The number of ether oxygens (including phenoxy) is 1. The first-order valence-electron chi connectivity index (χ1n) is 2.64. The molecule has 0 aromatic heterocycles. The first kappa shape index (κ1) is 12.8. The molecule has 0 atom stereocenters. The molecule has 0 aliphatic heterocycles. The Morgan fingerprint density at radius 3 is 1.50 bits per heavy atom. The molecule has 0 spiro atoms. The summed E-state index contributed by atoms with van der Waals surface area (Å²) in [4.78, 5) is 9.27. The van der Waals surface area contributed by atoms with E-state index in [0.717, 1.165) is 0 Å². The van der Waals surface area contributed by atoms with Crippen molar-refractivity contribution in [3.8, 4) is 0 Å². The van der Waals surface area contributed by atoms with Crippen molar-refractivity contribution in [3.63, 3.8) is 0 Å². The molecule has 0 aromatic carbocycles. The van der Waals surface area contributed by atoms with E-state index in [4.69, 9.17) is 0 Å². The Hall–Kier alpha value is -1.22. The first-order valence-corrected chi connectivity index (χ1v) is 2.64. The van der Waals surface area contributed by atoms with Crippen molar-refractivity contribution in [1.29, 1.82) is 0 Å². The van der Waals surface area contributed by atoms with Gasteiger partial charge in [-0.05, 0) is 0 Å². The molecule has 0 bridgehead atoms. The van der Waals surface area contributed by atoms with Crippen LogP contribution in [0.4, 0.5) is 35.5 Å². The van der Waals surface area contributed by atoms with Crippen LogP contribution >= 0.6 is 0 Å². The van der Waals surface area contributed by atoms with Gasteiger partial charge in [0.25, 0.3) is 0 Å². The van der Waals surface area contributed by atoms with E-state index in [1.807, 2.05) is 4.74 Å². The monoisotopic (exact) mass is 229 g/mol. The molecule has 3 nitrogen and oxygen atoms in total. The summed E-state index contributed by atoms with van der Waals surface area (Å²) in [7, 11) is 0. The van der Waals surface area contributed by atoms with Crippen molar-refractivity contribution in [1.82, 2.24) is 0 Å². The summed E-state index contributed by atoms with van der Waals surface area (Å²) in [6.45, 7) is 0. The SMILES string of the molecule is [O]C(=O)OC(F)(F)C(F)(F)C(F)(F)F. The van der Waals surface area contributed by atoms with Gasteiger partial charge < -0.3 is 4.74 Å². The number of hydrogen-bond acceptors (Lipinski definition) is 2. The van der Waals surface area contributed by atoms with Crippen molar-refractivity contribution in [2.45, 2.75) is 18.2 Å². The van der Waals surface area contributed by atoms with Gasteiger partial charge in [0.1, 0.15) is 0 Å². The molecule has 0 fully saturated rings. The smallest absolute Gasteiger partial charge is 0.360 e. The van der Waals surface area contributed by atoms with Crippen LogP contribution in [0.2, 0.25) is 0 Å². The second-order valence-corrected chi connectivity index (χ2v) is 1.94. The van der Waals surface area contributed by atoms with Crippen LogP contribution in [-0.4, -0.2) is 24.4 Å². The minimum absolute atomic E-state index is 2.03. The fraction of sp³-hybridized carbons (Fsp3) is 0.750. The number of alkyl halides is 7. The van der Waals surface area contributed by atoms with Gasteiger partial charge >= 0.3 is 24.4 Å². The number of carbonyl (C=O) groups excluding carboxylic acids is 1. The Balaban J connectivity index is 4.97. The second kappa shape index (κ2) is 3.17. The number of carbonyl (C=O) groups is 1. The van der Waals surface area contributed by atoms with Gasteiger partial charge in [-0.1, -0.05) is 0 Å². The van der Waals surface area contributed by atoms with Gasteiger partial charge in [0.05, 0.1) is 0 Å². The quantitative estimate of drug-likeness (QED) is 0.538. The van der Waals surface area contributed by atoms with E-state index >= 15 is 0 Å². The molecule has 0 amide bonds. The maximum atomic E-state index is 11.8. The van der Waals surface area contributed by atoms with Crippen LogP contribution in [0.5, 0.6) is 0 Å². The van der Waals surface area contributed by atoms with Crippen LogP contribution in [0.3, 0.4) is 0 Å². The van der Waals surface area contributed by atoms with Gasteiger partial charge in [-0.15, -0.1) is 0 Å². The lowest BCUT2D eigenvalue weighted by Crippen LogP contribution is -2.53. The third-order valence-electron chi connectivity index (χ3n) is 0.933. The summed E-state index contributed by atoms with van der Waals surface area (Å²) >= 11 is 0. The van der Waals surface area contributed by atoms with Crippen LogP contribution in [0.15, 0.2) is 0 Å². The Morgan fingerprint density at radius 2 is 1.29 bits per heavy atom. The minimum atomic E-state index is -6.63. The van der Waals surface area contributed by atoms with Gasteiger partial charge in [-0.2, -0.15) is 40.6 Å². The van der Waals surface area contributed by atoms with E-state index in [-0.39, 0.29) is 0 Å². The molecule has 83 valence electrons. The van der Waals surface area contributed by atoms with E-state index in [1.165, 1.54) is 0 Å². The van der Waals surface area contributed by atoms with Gasteiger partial charge in [-0.3, -0.25) is 0 Å². The van der Waals surface area contributed by atoms with Gasteiger partial charge in [0.2, 0.25) is 0 Å². The molecule has 10 heteroatoms. The largest absolute Gasteiger partial charge is 0.554 e. The molecule has 0 rings (SSSR count). The molecule has 0 aliphatic carbocycles. The highest BCUT2D eigenvalue weighted by atomic mass is 19.4. The predicted molar refractivity (Wildman–Crippen MR) is 23.1 cm³/mol. The molecule has 0 saturated carbocycles. The molecule has 0 aromatic rings. The molecule has 0 aliphatic rings. The molecular weight excluding hydrogens is 229 g/mol. The van der Waals surface area contributed by atoms with E-state index in [9.17, 15) is 40.6 Å². The van der Waals surface area contributed by atoms with Gasteiger partial charge in [0.15, 0.2) is 0 Å². The average Bonchev–Trinajstić information content (AvgIpc) is 1.80. The Kier molecular flexibility index (Phi) is 2.89. The second-order valence-electron chi connectivity index (χ2n) is 1.94. The first-order chi connectivity index (χ1) is 5.92. The molecule has 0 heterocycles. The molecule has 0 unspecified atom stereocenters. The van der Waals surface area contributed by atoms with Gasteiger partial charge in [0, 0.05) is 0 Å². The summed E-state index contributed by atoms with van der Waals surface area (Å²) < 4.78 is 83.0. The van der Waals surface area contributed by atoms with Crippen LogP contribution in [-0.2, 0) is 9.84 Å². The van der Waals surface area contributed by atoms with Crippen molar-refractivity contribution in [2.75, 3.05) is 0 Å². The van der Waals surface area contributed by atoms with E-state index < -0.39 is 24.4 Å². The fourth-order valence-electron chi connectivity index (χ4n) is 0.334. The van der Waals surface area contributed by atoms with Crippen LogP contribution < -0.4 is 0 Å². The zero-order valence-corrected chi connectivity index (χ0v) is 5.87. The highest BCUT2D eigenvalue weighted by Crippen LogP contribution is 2.46. The van der Waals surface area contributed by atoms with Crippen molar-refractivity contribution in [3.05, 3.63) is 0 Å². The van der Waals surface area contributed by atoms with Crippen molar-refractivity contribution in [2.24, 2.45) is 0 Å². The standard InChI is InChI=1S/C4F7O3/c5-2(6,3(7,8)9)4(10,11)14-1(12)13. The van der Waals surface area contributed by atoms with Gasteiger partial charge in [-0.25, -0.2) is 0 Å². The minimum Gasteiger partial charge on any atom is -0.360 e. The molecule has 14 heavy (non-hydrogen) atoms. The van der Waals surface area contributed by atoms with Crippen molar-refractivity contribution < 1.29 is 45.4 Å². The van der Waals surface area contributed by atoms with E-state index in [2.05, 4.69) is 0 Å². The normalized spacial score (nSPS) is 13.9. The molecular formula is C4F7O3. The zero-order valence-electron chi connectivity index (χ0n) is 5.87. The zero-order chi connectivity index (χ0) is 11.8. The maximum absolute atomic E-state index is 11.8. The molecule has 0 saturated heterocycles. The Morgan fingerprint density at radius 1 is 0.929 bits per heavy atom. The lowest BCUT2D eigenvalue weighted by molar-refractivity contribution is -0.412. The number of rotatable bonds is 2. The van der Waals surface area contributed by atoms with Crippen LogP contribution in [0.1, 0.15) is 0 Å². The Bertz CT molecular complexity index is 232. The fourth-order valence-corrected chi connectivity index (χ4v) is 0.334. The summed E-state index contributed by atoms with van der Waals surface area (Å²) in [6.07, 6.45) is -16.0. The highest BCUT2D eigenvalue weighted by Gasteiger charge is 2.76. The van der Waals surface area contributed by atoms with Crippen LogP contribution in [0.25, 0.3) is 0 Å². The van der Waals surface area contributed by atoms with Crippen molar-refractivity contribution >= 4 is 6.16 Å². The number of halogens is 7. The lowest BCUT2D eigenvalue weighted by atomic mass is 10.3. The Labute approximate surface area is 71.1 Å². The summed E-state index contributed by atoms with van der Waals surface area (Å²) in [5.74, 6) is -6.61. The van der Waals surface area contributed by atoms with Crippen LogP contribution in [0, 0.1) is 0 Å². The number of hydrogen-bond donors (Lipinski definition) is 0. The summed E-state index contributed by atoms with van der Waals surface area (Å²) in [5.41, 5.74) is 0. The average molecular weight is 229 g/mol. The summed E-state index contributed by atoms with van der Waals surface area (Å²) in [5, 5.41) is 9.27. The summed E-state index contributed by atoms with van der Waals surface area (Å²) in [6, 6.07) is 0. The maximum Gasteiger partial charge on any atom is 0.554 e. The highest BCUT2D eigenvalue weighted by molar-refractivity contribution is 5.56. The third-order valence-corrected chi connectivity index (χ3v) is 0.933. The molecule has 0 N–H and O–H groups in total. The topological polar surface area (TPSA) is 46.2 Å².